The summed E-state index contributed by atoms with van der Waals surface area (Å²) in [6.07, 6.45) is 3.14. The van der Waals surface area contributed by atoms with Crippen molar-refractivity contribution in [3.63, 3.8) is 0 Å². The Bertz CT molecular complexity index is 578. The second-order valence-corrected chi connectivity index (χ2v) is 4.25. The summed E-state index contributed by atoms with van der Waals surface area (Å²) in [5.74, 6) is -0.365. The maximum Gasteiger partial charge on any atom is 0.356 e. The van der Waals surface area contributed by atoms with Crippen LogP contribution in [0, 0.1) is 0 Å². The van der Waals surface area contributed by atoms with Crippen LogP contribution in [-0.2, 0) is 4.74 Å². The van der Waals surface area contributed by atoms with Crippen LogP contribution in [0.15, 0.2) is 36.8 Å². The van der Waals surface area contributed by atoms with Gasteiger partial charge in [0, 0.05) is 5.69 Å². The van der Waals surface area contributed by atoms with Crippen molar-refractivity contribution in [2.24, 2.45) is 0 Å². The minimum atomic E-state index is -0.365. The van der Waals surface area contributed by atoms with E-state index in [9.17, 15) is 4.79 Å². The van der Waals surface area contributed by atoms with E-state index in [-0.39, 0.29) is 12.0 Å². The fraction of sp³-hybridized carbons (Fsp3) is 0.286. The number of nitrogens with two attached hydrogens (primary N) is 1. The molecule has 0 aliphatic carbocycles. The molecule has 5 nitrogen and oxygen atoms in total. The number of rotatable bonds is 4. The molecular formula is C14H17N3O2. The maximum absolute atomic E-state index is 11.8. The number of anilines is 1. The van der Waals surface area contributed by atoms with Crippen molar-refractivity contribution >= 4 is 11.7 Å². The van der Waals surface area contributed by atoms with Crippen molar-refractivity contribution in [1.82, 2.24) is 9.55 Å². The van der Waals surface area contributed by atoms with E-state index in [1.807, 2.05) is 31.2 Å². The predicted molar refractivity (Wildman–Crippen MR) is 72.9 cm³/mol. The van der Waals surface area contributed by atoms with Gasteiger partial charge in [0.15, 0.2) is 0 Å². The van der Waals surface area contributed by atoms with Gasteiger partial charge in [-0.25, -0.2) is 9.78 Å². The highest BCUT2D eigenvalue weighted by Gasteiger charge is 2.17. The summed E-state index contributed by atoms with van der Waals surface area (Å²) in [7, 11) is 0. The number of carbonyl (C=O) groups excluding carboxylic acids is 1. The fourth-order valence-electron chi connectivity index (χ4n) is 1.96. The summed E-state index contributed by atoms with van der Waals surface area (Å²) >= 11 is 0. The molecule has 100 valence electrons. The van der Waals surface area contributed by atoms with E-state index >= 15 is 0 Å². The van der Waals surface area contributed by atoms with Crippen LogP contribution in [0.25, 0.3) is 0 Å². The Labute approximate surface area is 112 Å². The lowest BCUT2D eigenvalue weighted by atomic mass is 10.1. The van der Waals surface area contributed by atoms with Crippen LogP contribution >= 0.6 is 0 Å². The van der Waals surface area contributed by atoms with E-state index in [0.29, 0.717) is 18.0 Å². The van der Waals surface area contributed by atoms with Crippen LogP contribution in [0.4, 0.5) is 5.69 Å². The highest BCUT2D eigenvalue weighted by molar-refractivity contribution is 5.87. The quantitative estimate of drug-likeness (QED) is 0.675. The van der Waals surface area contributed by atoms with Gasteiger partial charge in [-0.2, -0.15) is 0 Å². The van der Waals surface area contributed by atoms with E-state index in [1.165, 1.54) is 6.20 Å². The number of imidazole rings is 1. The smallest absolute Gasteiger partial charge is 0.356 e. The van der Waals surface area contributed by atoms with Crippen LogP contribution in [-0.4, -0.2) is 22.1 Å². The van der Waals surface area contributed by atoms with Crippen LogP contribution in [0.2, 0.25) is 0 Å². The average molecular weight is 259 g/mol. The Hall–Kier alpha value is -2.30. The lowest BCUT2D eigenvalue weighted by molar-refractivity contribution is 0.0512. The molecule has 0 saturated carbocycles. The Morgan fingerprint density at radius 1 is 1.53 bits per heavy atom. The average Bonchev–Trinajstić information content (AvgIpc) is 2.87. The van der Waals surface area contributed by atoms with Crippen LogP contribution < -0.4 is 5.73 Å². The highest BCUT2D eigenvalue weighted by atomic mass is 16.5. The van der Waals surface area contributed by atoms with Gasteiger partial charge in [-0.15, -0.1) is 0 Å². The van der Waals surface area contributed by atoms with Crippen molar-refractivity contribution in [2.45, 2.75) is 19.9 Å². The third-order valence-electron chi connectivity index (χ3n) is 2.96. The molecule has 19 heavy (non-hydrogen) atoms. The number of carbonyl (C=O) groups is 1. The van der Waals surface area contributed by atoms with Gasteiger partial charge in [-0.3, -0.25) is 0 Å². The fourth-order valence-corrected chi connectivity index (χ4v) is 1.96. The summed E-state index contributed by atoms with van der Waals surface area (Å²) in [5.41, 5.74) is 7.93. The van der Waals surface area contributed by atoms with E-state index in [4.69, 9.17) is 10.5 Å². The van der Waals surface area contributed by atoms with Gasteiger partial charge in [-0.05, 0) is 31.5 Å². The molecule has 0 aliphatic rings. The molecule has 1 heterocycles. The van der Waals surface area contributed by atoms with Gasteiger partial charge >= 0.3 is 5.97 Å². The van der Waals surface area contributed by atoms with E-state index in [2.05, 4.69) is 4.98 Å². The molecule has 2 aromatic rings. The van der Waals surface area contributed by atoms with Crippen molar-refractivity contribution in [3.05, 3.63) is 48.0 Å². The van der Waals surface area contributed by atoms with Gasteiger partial charge in [0.25, 0.3) is 0 Å². The van der Waals surface area contributed by atoms with Crippen molar-refractivity contribution in [3.8, 4) is 0 Å². The zero-order valence-corrected chi connectivity index (χ0v) is 11.0. The van der Waals surface area contributed by atoms with Gasteiger partial charge in [0.2, 0.25) is 0 Å². The molecule has 1 aromatic carbocycles. The second-order valence-electron chi connectivity index (χ2n) is 4.25. The molecule has 1 unspecified atom stereocenters. The Balaban J connectivity index is 2.32. The summed E-state index contributed by atoms with van der Waals surface area (Å²) in [5, 5.41) is 0. The lowest BCUT2D eigenvalue weighted by Crippen LogP contribution is -2.15. The standard InChI is InChI=1S/C14H17N3O2/c1-3-19-14(18)13-8-16-9-17(13)10(2)11-5-4-6-12(15)7-11/h4-10H,3,15H2,1-2H3. The maximum atomic E-state index is 11.8. The Kier molecular flexibility index (Phi) is 3.85. The summed E-state index contributed by atoms with van der Waals surface area (Å²) in [4.78, 5) is 15.8. The van der Waals surface area contributed by atoms with Crippen LogP contribution in [0.3, 0.4) is 0 Å². The van der Waals surface area contributed by atoms with E-state index in [0.717, 1.165) is 5.56 Å². The largest absolute Gasteiger partial charge is 0.461 e. The third kappa shape index (κ3) is 2.76. The van der Waals surface area contributed by atoms with Crippen molar-refractivity contribution in [2.75, 3.05) is 12.3 Å². The Morgan fingerprint density at radius 3 is 3.00 bits per heavy atom. The molecule has 2 rings (SSSR count). The first-order valence-electron chi connectivity index (χ1n) is 6.18. The molecule has 0 saturated heterocycles. The number of nitrogen functional groups attached to an aromatic ring is 1. The van der Waals surface area contributed by atoms with Gasteiger partial charge in [0.1, 0.15) is 5.69 Å². The molecule has 1 aromatic heterocycles. The summed E-state index contributed by atoms with van der Waals surface area (Å²) in [6.45, 7) is 4.11. The molecule has 0 aliphatic heterocycles. The number of benzene rings is 1. The molecule has 5 heteroatoms. The first-order valence-corrected chi connectivity index (χ1v) is 6.18. The monoisotopic (exact) mass is 259 g/mol. The number of aromatic nitrogens is 2. The number of esters is 1. The highest BCUT2D eigenvalue weighted by Crippen LogP contribution is 2.21. The molecule has 0 radical (unpaired) electrons. The minimum Gasteiger partial charge on any atom is -0.461 e. The summed E-state index contributed by atoms with van der Waals surface area (Å²) < 4.78 is 6.80. The molecule has 0 bridgehead atoms. The normalized spacial score (nSPS) is 12.1. The first-order chi connectivity index (χ1) is 9.13. The van der Waals surface area contributed by atoms with Gasteiger partial charge in [0.05, 0.1) is 25.2 Å². The molecule has 0 spiro atoms. The van der Waals surface area contributed by atoms with Gasteiger partial charge in [-0.1, -0.05) is 12.1 Å². The van der Waals surface area contributed by atoms with Crippen molar-refractivity contribution < 1.29 is 9.53 Å². The van der Waals surface area contributed by atoms with Crippen LogP contribution in [0.1, 0.15) is 35.9 Å². The SMILES string of the molecule is CCOC(=O)c1cncn1C(C)c1cccc(N)c1. The number of nitrogens with zero attached hydrogens (tertiary/aromatic N) is 2. The number of hydrogen-bond donors (Lipinski definition) is 1. The van der Waals surface area contributed by atoms with E-state index in [1.54, 1.807) is 17.8 Å². The first kappa shape index (κ1) is 13.1. The molecular weight excluding hydrogens is 242 g/mol. The molecule has 2 N–H and O–H groups in total. The summed E-state index contributed by atoms with van der Waals surface area (Å²) in [6, 6.07) is 7.54. The van der Waals surface area contributed by atoms with E-state index < -0.39 is 0 Å². The number of ether oxygens (including phenoxy) is 1. The van der Waals surface area contributed by atoms with Gasteiger partial charge < -0.3 is 15.0 Å². The molecule has 0 amide bonds. The lowest BCUT2D eigenvalue weighted by Gasteiger charge is -2.16. The Morgan fingerprint density at radius 2 is 2.32 bits per heavy atom. The predicted octanol–water partition coefficient (Wildman–Crippen LogP) is 2.25. The van der Waals surface area contributed by atoms with Crippen molar-refractivity contribution in [1.29, 1.82) is 0 Å². The molecule has 1 atom stereocenters. The third-order valence-corrected chi connectivity index (χ3v) is 2.96. The minimum absolute atomic E-state index is 0.0367. The second kappa shape index (κ2) is 5.56. The molecule has 0 fully saturated rings. The zero-order chi connectivity index (χ0) is 13.8. The topological polar surface area (TPSA) is 70.1 Å². The zero-order valence-electron chi connectivity index (χ0n) is 11.0. The van der Waals surface area contributed by atoms with Crippen LogP contribution in [0.5, 0.6) is 0 Å². The number of hydrogen-bond acceptors (Lipinski definition) is 4.